The van der Waals surface area contributed by atoms with Crippen LogP contribution in [0.1, 0.15) is 49.0 Å². The van der Waals surface area contributed by atoms with Gasteiger partial charge in [-0.15, -0.1) is 0 Å². The van der Waals surface area contributed by atoms with Crippen LogP contribution in [0.25, 0.3) is 0 Å². The van der Waals surface area contributed by atoms with Crippen LogP contribution in [0, 0.1) is 18.8 Å². The number of carbonyl (C=O) groups excluding carboxylic acids is 1. The highest BCUT2D eigenvalue weighted by atomic mass is 19.4. The van der Waals surface area contributed by atoms with E-state index in [4.69, 9.17) is 0 Å². The molecule has 0 N–H and O–H groups in total. The van der Waals surface area contributed by atoms with Crippen LogP contribution in [-0.2, 0) is 23.8 Å². The molecule has 1 fully saturated rings. The van der Waals surface area contributed by atoms with Gasteiger partial charge in [0.1, 0.15) is 5.82 Å². The molecule has 132 valence electrons. The van der Waals surface area contributed by atoms with Crippen LogP contribution in [0.4, 0.5) is 13.2 Å². The molecule has 0 spiro atoms. The van der Waals surface area contributed by atoms with Gasteiger partial charge in [0.05, 0.1) is 0 Å². The molecule has 0 aromatic carbocycles. The van der Waals surface area contributed by atoms with Crippen LogP contribution < -0.4 is 0 Å². The predicted octanol–water partition coefficient (Wildman–Crippen LogP) is 3.17. The molecule has 0 unspecified atom stereocenters. The Balaban J connectivity index is 1.84. The van der Waals surface area contributed by atoms with Crippen LogP contribution in [0.5, 0.6) is 0 Å². The van der Waals surface area contributed by atoms with Crippen molar-refractivity contribution >= 4 is 5.91 Å². The van der Waals surface area contributed by atoms with Crippen LogP contribution in [-0.4, -0.2) is 33.9 Å². The second-order valence-corrected chi connectivity index (χ2v) is 7.01. The number of halogens is 3. The van der Waals surface area contributed by atoms with Crippen molar-refractivity contribution in [2.75, 3.05) is 13.1 Å². The molecule has 1 saturated heterocycles. The number of hydrogen-bond acceptors (Lipinski definition) is 3. The summed E-state index contributed by atoms with van der Waals surface area (Å²) in [5.41, 5.74) is -0.303. The molecule has 2 atom stereocenters. The molecule has 7 heteroatoms. The third-order valence-electron chi connectivity index (χ3n) is 4.97. The van der Waals surface area contributed by atoms with E-state index in [-0.39, 0.29) is 23.7 Å². The van der Waals surface area contributed by atoms with Crippen LogP contribution in [0.3, 0.4) is 0 Å². The molecule has 4 nitrogen and oxygen atoms in total. The molecule has 1 aromatic heterocycles. The Morgan fingerprint density at radius 3 is 2.67 bits per heavy atom. The zero-order valence-corrected chi connectivity index (χ0v) is 14.0. The molecular formula is C17H22F3N3O. The summed E-state index contributed by atoms with van der Waals surface area (Å²) < 4.78 is 39.9. The third-order valence-corrected chi connectivity index (χ3v) is 4.97. The number of aromatic nitrogens is 2. The molecule has 1 aromatic rings. The lowest BCUT2D eigenvalue weighted by Gasteiger charge is -2.35. The van der Waals surface area contributed by atoms with E-state index < -0.39 is 17.8 Å². The summed E-state index contributed by atoms with van der Waals surface area (Å²) in [5.74, 6) is 0.183. The first-order chi connectivity index (χ1) is 11.3. The minimum absolute atomic E-state index is 0.0131. The molecule has 1 aliphatic heterocycles. The number of fused-ring (bicyclic) bond motifs is 1. The number of hydrogen-bond donors (Lipinski definition) is 0. The molecule has 0 radical (unpaired) electrons. The zero-order chi connectivity index (χ0) is 17.5. The molecule has 3 rings (SSSR count). The maximum atomic E-state index is 13.3. The van der Waals surface area contributed by atoms with E-state index in [9.17, 15) is 18.0 Å². The van der Waals surface area contributed by atoms with E-state index >= 15 is 0 Å². The molecule has 1 aliphatic carbocycles. The number of likely N-dealkylation sites (tertiary alicyclic amines) is 1. The van der Waals surface area contributed by atoms with Crippen molar-refractivity contribution < 1.29 is 18.0 Å². The van der Waals surface area contributed by atoms with E-state index in [1.165, 1.54) is 6.92 Å². The summed E-state index contributed by atoms with van der Waals surface area (Å²) in [6, 6.07) is 0. The molecule has 1 amide bonds. The van der Waals surface area contributed by atoms with Crippen molar-refractivity contribution in [1.29, 1.82) is 0 Å². The van der Waals surface area contributed by atoms with Crippen molar-refractivity contribution in [2.24, 2.45) is 11.8 Å². The summed E-state index contributed by atoms with van der Waals surface area (Å²) in [4.78, 5) is 22.4. The largest absolute Gasteiger partial charge is 0.433 e. The highest BCUT2D eigenvalue weighted by molar-refractivity contribution is 5.79. The zero-order valence-electron chi connectivity index (χ0n) is 14.0. The van der Waals surface area contributed by atoms with Gasteiger partial charge in [-0.1, -0.05) is 6.92 Å². The maximum Gasteiger partial charge on any atom is 0.433 e. The fourth-order valence-electron chi connectivity index (χ4n) is 3.83. The van der Waals surface area contributed by atoms with Crippen molar-refractivity contribution in [3.63, 3.8) is 0 Å². The van der Waals surface area contributed by atoms with E-state index in [0.717, 1.165) is 12.8 Å². The summed E-state index contributed by atoms with van der Waals surface area (Å²) >= 11 is 0. The average Bonchev–Trinajstić information content (AvgIpc) is 2.52. The number of rotatable bonds is 1. The summed E-state index contributed by atoms with van der Waals surface area (Å²) in [6.45, 7) is 5.00. The SMILES string of the molecule is Cc1nc2c(c(C(F)(F)F)n1)C[C@H](C(=O)N1CCC[C@@H](C)C1)CC2. The van der Waals surface area contributed by atoms with Crippen molar-refractivity contribution in [2.45, 2.75) is 52.1 Å². The monoisotopic (exact) mass is 341 g/mol. The van der Waals surface area contributed by atoms with Crippen LogP contribution >= 0.6 is 0 Å². The van der Waals surface area contributed by atoms with Crippen molar-refractivity contribution in [3.8, 4) is 0 Å². The molecule has 24 heavy (non-hydrogen) atoms. The van der Waals surface area contributed by atoms with Crippen molar-refractivity contribution in [3.05, 3.63) is 22.8 Å². The first-order valence-electron chi connectivity index (χ1n) is 8.48. The number of carbonyl (C=O) groups is 1. The number of piperidine rings is 1. The fraction of sp³-hybridized carbons (Fsp3) is 0.706. The van der Waals surface area contributed by atoms with Gasteiger partial charge in [-0.05, 0) is 44.9 Å². The predicted molar refractivity (Wildman–Crippen MR) is 82.3 cm³/mol. The summed E-state index contributed by atoms with van der Waals surface area (Å²) in [7, 11) is 0. The summed E-state index contributed by atoms with van der Waals surface area (Å²) in [5, 5.41) is 0. The Kier molecular flexibility index (Phi) is 4.53. The Bertz CT molecular complexity index is 645. The smallest absolute Gasteiger partial charge is 0.342 e. The standard InChI is InChI=1S/C17H22F3N3O/c1-10-4-3-7-23(9-10)16(24)12-5-6-14-13(8-12)15(17(18,19)20)22-11(2)21-14/h10,12H,3-9H2,1-2H3/t10-,12-/m1/s1. The lowest BCUT2D eigenvalue weighted by atomic mass is 9.84. The minimum Gasteiger partial charge on any atom is -0.342 e. The lowest BCUT2D eigenvalue weighted by molar-refractivity contribution is -0.143. The lowest BCUT2D eigenvalue weighted by Crippen LogP contribution is -2.44. The van der Waals surface area contributed by atoms with E-state index in [1.54, 1.807) is 0 Å². The first-order valence-corrected chi connectivity index (χ1v) is 8.48. The maximum absolute atomic E-state index is 13.3. The first kappa shape index (κ1) is 17.2. The Hall–Kier alpha value is -1.66. The van der Waals surface area contributed by atoms with Gasteiger partial charge < -0.3 is 4.90 Å². The molecule has 2 aliphatic rings. The van der Waals surface area contributed by atoms with Gasteiger partial charge in [-0.25, -0.2) is 9.97 Å². The van der Waals surface area contributed by atoms with E-state index in [2.05, 4.69) is 16.9 Å². The van der Waals surface area contributed by atoms with E-state index in [0.29, 0.717) is 37.5 Å². The second kappa shape index (κ2) is 6.33. The Morgan fingerprint density at radius 2 is 2.00 bits per heavy atom. The van der Waals surface area contributed by atoms with Gasteiger partial charge in [0, 0.05) is 30.3 Å². The highest BCUT2D eigenvalue weighted by Gasteiger charge is 2.40. The quantitative estimate of drug-likeness (QED) is 0.788. The average molecular weight is 341 g/mol. The number of nitrogens with zero attached hydrogens (tertiary/aromatic N) is 3. The van der Waals surface area contributed by atoms with Gasteiger partial charge >= 0.3 is 6.18 Å². The molecule has 0 saturated carbocycles. The Morgan fingerprint density at radius 1 is 1.25 bits per heavy atom. The number of alkyl halides is 3. The topological polar surface area (TPSA) is 46.1 Å². The molecule has 0 bridgehead atoms. The minimum atomic E-state index is -4.51. The van der Waals surface area contributed by atoms with Crippen molar-refractivity contribution in [1.82, 2.24) is 14.9 Å². The van der Waals surface area contributed by atoms with Gasteiger partial charge in [0.2, 0.25) is 5.91 Å². The Labute approximate surface area is 139 Å². The van der Waals surface area contributed by atoms with Gasteiger partial charge in [-0.3, -0.25) is 4.79 Å². The third kappa shape index (κ3) is 3.39. The van der Waals surface area contributed by atoms with Crippen LogP contribution in [0.2, 0.25) is 0 Å². The van der Waals surface area contributed by atoms with Gasteiger partial charge in [0.25, 0.3) is 0 Å². The molecular weight excluding hydrogens is 319 g/mol. The second-order valence-electron chi connectivity index (χ2n) is 7.01. The number of aryl methyl sites for hydroxylation is 2. The number of amides is 1. The van der Waals surface area contributed by atoms with Gasteiger partial charge in [-0.2, -0.15) is 13.2 Å². The highest BCUT2D eigenvalue weighted by Crippen LogP contribution is 2.36. The summed E-state index contributed by atoms with van der Waals surface area (Å²) in [6.07, 6.45) is -1.39. The normalized spacial score (nSPS) is 24.6. The van der Waals surface area contributed by atoms with E-state index in [1.807, 2.05) is 4.90 Å². The molecule has 2 heterocycles. The fourth-order valence-corrected chi connectivity index (χ4v) is 3.83. The van der Waals surface area contributed by atoms with Crippen LogP contribution in [0.15, 0.2) is 0 Å². The van der Waals surface area contributed by atoms with Gasteiger partial charge in [0.15, 0.2) is 5.69 Å².